The van der Waals surface area contributed by atoms with E-state index in [-0.39, 0.29) is 29.6 Å². The molecular formula is C22H26F2N2O4. The molecule has 1 N–H and O–H groups in total. The molecule has 0 bridgehead atoms. The molecule has 0 aliphatic carbocycles. The van der Waals surface area contributed by atoms with E-state index in [9.17, 15) is 18.4 Å². The molecule has 2 rings (SSSR count). The Kier molecular flexibility index (Phi) is 8.73. The fourth-order valence-corrected chi connectivity index (χ4v) is 2.81. The van der Waals surface area contributed by atoms with Gasteiger partial charge in [-0.25, -0.2) is 0 Å². The summed E-state index contributed by atoms with van der Waals surface area (Å²) in [6.45, 7) is 1.66. The van der Waals surface area contributed by atoms with E-state index in [0.717, 1.165) is 5.56 Å². The highest BCUT2D eigenvalue weighted by Crippen LogP contribution is 2.30. The molecule has 0 saturated heterocycles. The van der Waals surface area contributed by atoms with Crippen LogP contribution in [-0.4, -0.2) is 43.4 Å². The van der Waals surface area contributed by atoms with Gasteiger partial charge < -0.3 is 19.7 Å². The van der Waals surface area contributed by atoms with Crippen molar-refractivity contribution < 1.29 is 27.8 Å². The third kappa shape index (κ3) is 7.44. The first-order valence-corrected chi connectivity index (χ1v) is 9.58. The van der Waals surface area contributed by atoms with Gasteiger partial charge in [-0.1, -0.05) is 6.07 Å². The van der Waals surface area contributed by atoms with E-state index in [2.05, 4.69) is 10.1 Å². The van der Waals surface area contributed by atoms with Crippen molar-refractivity contribution >= 4 is 17.4 Å². The molecule has 2 aromatic rings. The first kappa shape index (κ1) is 23.3. The number of nitrogens with zero attached hydrogens (tertiary/aromatic N) is 1. The van der Waals surface area contributed by atoms with Crippen molar-refractivity contribution in [3.05, 3.63) is 53.6 Å². The van der Waals surface area contributed by atoms with E-state index in [1.807, 2.05) is 11.9 Å². The van der Waals surface area contributed by atoms with Crippen LogP contribution in [0.1, 0.15) is 36.2 Å². The Bertz CT molecular complexity index is 857. The fraction of sp³-hybridized carbons (Fsp3) is 0.364. The van der Waals surface area contributed by atoms with Crippen LogP contribution in [0.2, 0.25) is 0 Å². The summed E-state index contributed by atoms with van der Waals surface area (Å²) in [5, 5.41) is 2.79. The van der Waals surface area contributed by atoms with E-state index < -0.39 is 6.61 Å². The lowest BCUT2D eigenvalue weighted by Crippen LogP contribution is -2.24. The van der Waals surface area contributed by atoms with E-state index in [1.54, 1.807) is 43.3 Å². The van der Waals surface area contributed by atoms with Gasteiger partial charge in [0, 0.05) is 30.8 Å². The number of alkyl halides is 2. The average Bonchev–Trinajstić information content (AvgIpc) is 2.69. The van der Waals surface area contributed by atoms with Gasteiger partial charge in [-0.2, -0.15) is 8.78 Å². The zero-order chi connectivity index (χ0) is 22.1. The molecule has 0 heterocycles. The van der Waals surface area contributed by atoms with Crippen LogP contribution in [0.25, 0.3) is 0 Å². The quantitative estimate of drug-likeness (QED) is 0.548. The van der Waals surface area contributed by atoms with Crippen molar-refractivity contribution in [2.24, 2.45) is 0 Å². The lowest BCUT2D eigenvalue weighted by Gasteiger charge is -2.18. The lowest BCUT2D eigenvalue weighted by molar-refractivity contribution is -0.116. The van der Waals surface area contributed by atoms with Crippen molar-refractivity contribution in [1.29, 1.82) is 0 Å². The second-order valence-corrected chi connectivity index (χ2v) is 6.76. The predicted octanol–water partition coefficient (Wildman–Crippen LogP) is 4.35. The molecule has 0 aliphatic rings. The second kappa shape index (κ2) is 11.3. The van der Waals surface area contributed by atoms with Crippen LogP contribution >= 0.6 is 0 Å². The van der Waals surface area contributed by atoms with E-state index >= 15 is 0 Å². The molecule has 0 spiro atoms. The van der Waals surface area contributed by atoms with Crippen molar-refractivity contribution in [3.8, 4) is 11.5 Å². The maximum Gasteiger partial charge on any atom is 0.387 e. The van der Waals surface area contributed by atoms with Crippen LogP contribution in [0.3, 0.4) is 0 Å². The van der Waals surface area contributed by atoms with Crippen molar-refractivity contribution in [2.75, 3.05) is 25.5 Å². The Labute approximate surface area is 174 Å². The molecule has 2 aromatic carbocycles. The van der Waals surface area contributed by atoms with Crippen LogP contribution in [0.15, 0.2) is 42.5 Å². The monoisotopic (exact) mass is 420 g/mol. The highest BCUT2D eigenvalue weighted by atomic mass is 19.3. The summed E-state index contributed by atoms with van der Waals surface area (Å²) in [4.78, 5) is 25.4. The molecule has 0 unspecified atom stereocenters. The van der Waals surface area contributed by atoms with Gasteiger partial charge in [0.25, 0.3) is 0 Å². The maximum atomic E-state index is 12.5. The van der Waals surface area contributed by atoms with Gasteiger partial charge in [0.15, 0.2) is 17.3 Å². The number of ether oxygens (including phenoxy) is 2. The zero-order valence-corrected chi connectivity index (χ0v) is 17.3. The maximum absolute atomic E-state index is 12.5. The molecule has 0 atom stereocenters. The normalized spacial score (nSPS) is 10.9. The summed E-state index contributed by atoms with van der Waals surface area (Å²) in [7, 11) is 1.86. The second-order valence-electron chi connectivity index (χ2n) is 6.76. The number of ketones is 1. The number of Topliss-reactive ketones (excluding diaryl/α,β-unsaturated/α-hetero) is 1. The highest BCUT2D eigenvalue weighted by molar-refractivity contribution is 5.95. The van der Waals surface area contributed by atoms with Crippen LogP contribution in [-0.2, 0) is 11.3 Å². The van der Waals surface area contributed by atoms with Gasteiger partial charge in [0.2, 0.25) is 5.91 Å². The number of carbonyl (C=O) groups is 2. The van der Waals surface area contributed by atoms with Crippen LogP contribution < -0.4 is 14.8 Å². The molecule has 0 aliphatic heterocycles. The summed E-state index contributed by atoms with van der Waals surface area (Å²) in [5.41, 5.74) is 2.07. The molecule has 6 nitrogen and oxygen atoms in total. The van der Waals surface area contributed by atoms with Gasteiger partial charge in [0.1, 0.15) is 0 Å². The molecule has 30 heavy (non-hydrogen) atoms. The molecule has 1 amide bonds. The third-order valence-electron chi connectivity index (χ3n) is 4.27. The third-order valence-corrected chi connectivity index (χ3v) is 4.27. The fourth-order valence-electron chi connectivity index (χ4n) is 2.81. The molecular weight excluding hydrogens is 394 g/mol. The van der Waals surface area contributed by atoms with E-state index in [1.165, 1.54) is 13.0 Å². The predicted molar refractivity (Wildman–Crippen MR) is 110 cm³/mol. The van der Waals surface area contributed by atoms with Crippen LogP contribution in [0.4, 0.5) is 14.5 Å². The number of anilines is 1. The van der Waals surface area contributed by atoms with Gasteiger partial charge in [0.05, 0.1) is 6.61 Å². The Balaban J connectivity index is 1.87. The van der Waals surface area contributed by atoms with E-state index in [4.69, 9.17) is 4.74 Å². The highest BCUT2D eigenvalue weighted by Gasteiger charge is 2.13. The summed E-state index contributed by atoms with van der Waals surface area (Å²) in [6.07, 6.45) is 0.274. The Morgan fingerprint density at radius 1 is 1.10 bits per heavy atom. The molecule has 0 aromatic heterocycles. The molecule has 0 saturated carbocycles. The number of hydrogen-bond donors (Lipinski definition) is 1. The van der Waals surface area contributed by atoms with Crippen LogP contribution in [0, 0.1) is 0 Å². The Morgan fingerprint density at radius 2 is 1.80 bits per heavy atom. The molecule has 0 fully saturated rings. The largest absolute Gasteiger partial charge is 0.490 e. The van der Waals surface area contributed by atoms with Crippen molar-refractivity contribution in [1.82, 2.24) is 4.90 Å². The minimum Gasteiger partial charge on any atom is -0.490 e. The Hall–Kier alpha value is -3.00. The topological polar surface area (TPSA) is 67.9 Å². The summed E-state index contributed by atoms with van der Waals surface area (Å²) < 4.78 is 34.9. The van der Waals surface area contributed by atoms with Gasteiger partial charge in [-0.05, 0) is 62.9 Å². The summed E-state index contributed by atoms with van der Waals surface area (Å²) in [6, 6.07) is 11.5. The van der Waals surface area contributed by atoms with E-state index in [0.29, 0.717) is 30.9 Å². The molecule has 162 valence electrons. The van der Waals surface area contributed by atoms with Crippen LogP contribution in [0.5, 0.6) is 11.5 Å². The first-order chi connectivity index (χ1) is 14.3. The molecule has 8 heteroatoms. The van der Waals surface area contributed by atoms with Gasteiger partial charge in [-0.15, -0.1) is 0 Å². The summed E-state index contributed by atoms with van der Waals surface area (Å²) >= 11 is 0. The number of carbonyl (C=O) groups excluding carboxylic acids is 2. The number of halogens is 2. The minimum absolute atomic E-state index is 0.00609. The number of hydrogen-bond acceptors (Lipinski definition) is 5. The smallest absolute Gasteiger partial charge is 0.387 e. The van der Waals surface area contributed by atoms with Gasteiger partial charge in [-0.3, -0.25) is 9.59 Å². The number of benzene rings is 2. The number of rotatable bonds is 11. The Morgan fingerprint density at radius 3 is 2.40 bits per heavy atom. The van der Waals surface area contributed by atoms with Crippen molar-refractivity contribution in [3.63, 3.8) is 0 Å². The lowest BCUT2D eigenvalue weighted by atomic mass is 10.1. The average molecular weight is 420 g/mol. The standard InChI is InChI=1S/C22H26F2N2O4/c1-4-29-20-13-16(5-10-19(20)30-22(23)24)14-26(3)12-11-21(28)25-18-8-6-17(7-9-18)15(2)27/h5-10,13,22H,4,11-12,14H2,1-3H3,(H,25,28). The molecule has 0 radical (unpaired) electrons. The summed E-state index contributed by atoms with van der Waals surface area (Å²) in [5.74, 6) is 0.0766. The zero-order valence-electron chi connectivity index (χ0n) is 17.3. The van der Waals surface area contributed by atoms with Crippen molar-refractivity contribution in [2.45, 2.75) is 33.4 Å². The number of nitrogens with one attached hydrogen (secondary N) is 1. The first-order valence-electron chi connectivity index (χ1n) is 9.58. The minimum atomic E-state index is -2.92. The van der Waals surface area contributed by atoms with Gasteiger partial charge >= 0.3 is 6.61 Å². The number of amides is 1. The SMILES string of the molecule is CCOc1cc(CN(C)CCC(=O)Nc2ccc(C(C)=O)cc2)ccc1OC(F)F.